The lowest BCUT2D eigenvalue weighted by molar-refractivity contribution is -0.116. The summed E-state index contributed by atoms with van der Waals surface area (Å²) in [5, 5.41) is 7.13. The number of nitrogens with one attached hydrogen (secondary N) is 1. The van der Waals surface area contributed by atoms with Crippen molar-refractivity contribution in [3.8, 4) is 5.75 Å². The average molecular weight is 380 g/mol. The number of amides is 1. The highest BCUT2D eigenvalue weighted by Crippen LogP contribution is 2.18. The molecule has 124 valence electrons. The SMILES string of the molecule is CC(C)Cn1nccc1NC(=O)CCCOc1cccc(Br)c1. The van der Waals surface area contributed by atoms with E-state index in [0.717, 1.165) is 22.6 Å². The molecule has 5 nitrogen and oxygen atoms in total. The molecule has 0 saturated carbocycles. The molecule has 0 saturated heterocycles. The molecule has 0 bridgehead atoms. The van der Waals surface area contributed by atoms with Gasteiger partial charge in [-0.25, -0.2) is 4.68 Å². The van der Waals surface area contributed by atoms with E-state index in [-0.39, 0.29) is 5.91 Å². The predicted molar refractivity (Wildman–Crippen MR) is 94.6 cm³/mol. The van der Waals surface area contributed by atoms with Gasteiger partial charge in [-0.15, -0.1) is 0 Å². The van der Waals surface area contributed by atoms with Crippen LogP contribution in [0.4, 0.5) is 5.82 Å². The predicted octanol–water partition coefficient (Wildman–Crippen LogP) is 4.10. The largest absolute Gasteiger partial charge is 0.494 e. The summed E-state index contributed by atoms with van der Waals surface area (Å²) in [4.78, 5) is 12.0. The third kappa shape index (κ3) is 6.06. The van der Waals surface area contributed by atoms with Gasteiger partial charge in [-0.1, -0.05) is 35.8 Å². The number of rotatable bonds is 8. The average Bonchev–Trinajstić information content (AvgIpc) is 2.90. The van der Waals surface area contributed by atoms with E-state index in [1.807, 2.05) is 35.0 Å². The van der Waals surface area contributed by atoms with Crippen LogP contribution in [-0.2, 0) is 11.3 Å². The molecule has 23 heavy (non-hydrogen) atoms. The van der Waals surface area contributed by atoms with E-state index in [4.69, 9.17) is 4.74 Å². The highest BCUT2D eigenvalue weighted by atomic mass is 79.9. The van der Waals surface area contributed by atoms with Crippen LogP contribution in [0.1, 0.15) is 26.7 Å². The number of hydrogen-bond acceptors (Lipinski definition) is 3. The van der Waals surface area contributed by atoms with Gasteiger partial charge in [-0.2, -0.15) is 5.10 Å². The molecular formula is C17H22BrN3O2. The minimum atomic E-state index is -0.0200. The van der Waals surface area contributed by atoms with Gasteiger partial charge in [0.15, 0.2) is 0 Å². The molecule has 0 unspecified atom stereocenters. The van der Waals surface area contributed by atoms with Gasteiger partial charge in [0.1, 0.15) is 11.6 Å². The minimum absolute atomic E-state index is 0.0200. The lowest BCUT2D eigenvalue weighted by atomic mass is 10.2. The van der Waals surface area contributed by atoms with E-state index < -0.39 is 0 Å². The number of hydrogen-bond donors (Lipinski definition) is 1. The van der Waals surface area contributed by atoms with Crippen molar-refractivity contribution in [1.82, 2.24) is 9.78 Å². The maximum absolute atomic E-state index is 12.0. The van der Waals surface area contributed by atoms with Crippen LogP contribution in [0.5, 0.6) is 5.75 Å². The van der Waals surface area contributed by atoms with Gasteiger partial charge in [0.2, 0.25) is 5.91 Å². The van der Waals surface area contributed by atoms with Crippen molar-refractivity contribution in [1.29, 1.82) is 0 Å². The maximum atomic E-state index is 12.0. The fourth-order valence-corrected chi connectivity index (χ4v) is 2.49. The number of ether oxygens (including phenoxy) is 1. The number of carbonyl (C=O) groups excluding carboxylic acids is 1. The first kappa shape index (κ1) is 17.5. The lowest BCUT2D eigenvalue weighted by Crippen LogP contribution is -2.17. The first-order valence-corrected chi connectivity index (χ1v) is 8.54. The Labute approximate surface area is 145 Å². The zero-order valence-corrected chi connectivity index (χ0v) is 15.0. The molecule has 1 aromatic heterocycles. The summed E-state index contributed by atoms with van der Waals surface area (Å²) in [5.74, 6) is 2.00. The molecule has 0 atom stereocenters. The van der Waals surface area contributed by atoms with E-state index in [1.165, 1.54) is 0 Å². The topological polar surface area (TPSA) is 56.2 Å². The van der Waals surface area contributed by atoms with Crippen LogP contribution < -0.4 is 10.1 Å². The fourth-order valence-electron chi connectivity index (χ4n) is 2.12. The number of benzene rings is 1. The van der Waals surface area contributed by atoms with Gasteiger partial charge in [0.05, 0.1) is 12.8 Å². The summed E-state index contributed by atoms with van der Waals surface area (Å²) in [7, 11) is 0. The van der Waals surface area contributed by atoms with Crippen LogP contribution in [-0.4, -0.2) is 22.3 Å². The molecule has 6 heteroatoms. The van der Waals surface area contributed by atoms with Crippen molar-refractivity contribution in [2.24, 2.45) is 5.92 Å². The van der Waals surface area contributed by atoms with Crippen molar-refractivity contribution >= 4 is 27.7 Å². The van der Waals surface area contributed by atoms with Crippen LogP contribution >= 0.6 is 15.9 Å². The molecule has 2 rings (SSSR count). The molecule has 1 amide bonds. The molecule has 1 N–H and O–H groups in total. The van der Waals surface area contributed by atoms with Gasteiger partial charge in [-0.05, 0) is 30.5 Å². The van der Waals surface area contributed by atoms with Gasteiger partial charge in [0.25, 0.3) is 0 Å². The molecular weight excluding hydrogens is 358 g/mol. The third-order valence-electron chi connectivity index (χ3n) is 3.14. The highest BCUT2D eigenvalue weighted by molar-refractivity contribution is 9.10. The van der Waals surface area contributed by atoms with Gasteiger partial charge >= 0.3 is 0 Å². The van der Waals surface area contributed by atoms with E-state index in [9.17, 15) is 4.79 Å². The Morgan fingerprint density at radius 3 is 2.96 bits per heavy atom. The second-order valence-corrected chi connectivity index (χ2v) is 6.67. The van der Waals surface area contributed by atoms with Crippen molar-refractivity contribution in [2.45, 2.75) is 33.2 Å². The molecule has 1 heterocycles. The van der Waals surface area contributed by atoms with Gasteiger partial charge < -0.3 is 10.1 Å². The smallest absolute Gasteiger partial charge is 0.225 e. The quantitative estimate of drug-likeness (QED) is 0.702. The summed E-state index contributed by atoms with van der Waals surface area (Å²) in [6.45, 7) is 5.53. The first-order valence-electron chi connectivity index (χ1n) is 7.74. The summed E-state index contributed by atoms with van der Waals surface area (Å²) in [6, 6.07) is 9.49. The minimum Gasteiger partial charge on any atom is -0.494 e. The molecule has 0 aliphatic heterocycles. The molecule has 1 aromatic carbocycles. The second kappa shape index (κ2) is 8.72. The maximum Gasteiger partial charge on any atom is 0.225 e. The second-order valence-electron chi connectivity index (χ2n) is 5.75. The summed E-state index contributed by atoms with van der Waals surface area (Å²) in [6.07, 6.45) is 2.78. The molecule has 0 spiro atoms. The van der Waals surface area contributed by atoms with E-state index in [0.29, 0.717) is 25.4 Å². The fraction of sp³-hybridized carbons (Fsp3) is 0.412. The number of anilines is 1. The summed E-state index contributed by atoms with van der Waals surface area (Å²) >= 11 is 3.40. The Kier molecular flexibility index (Phi) is 6.65. The van der Waals surface area contributed by atoms with E-state index in [1.54, 1.807) is 6.20 Å². The number of halogens is 1. The van der Waals surface area contributed by atoms with Crippen LogP contribution in [0.15, 0.2) is 41.0 Å². The Bertz CT molecular complexity index is 640. The summed E-state index contributed by atoms with van der Waals surface area (Å²) in [5.41, 5.74) is 0. The number of nitrogens with zero attached hydrogens (tertiary/aromatic N) is 2. The Balaban J connectivity index is 1.72. The standard InChI is InChI=1S/C17H22BrN3O2/c1-13(2)12-21-16(8-9-19-21)20-17(22)7-4-10-23-15-6-3-5-14(18)11-15/h3,5-6,8-9,11,13H,4,7,10,12H2,1-2H3,(H,20,22). The van der Waals surface area contributed by atoms with Crippen LogP contribution in [0.25, 0.3) is 0 Å². The van der Waals surface area contributed by atoms with E-state index >= 15 is 0 Å². The van der Waals surface area contributed by atoms with Crippen molar-refractivity contribution in [3.63, 3.8) is 0 Å². The molecule has 0 aliphatic carbocycles. The Morgan fingerprint density at radius 2 is 2.22 bits per heavy atom. The van der Waals surface area contributed by atoms with Crippen molar-refractivity contribution < 1.29 is 9.53 Å². The monoisotopic (exact) mass is 379 g/mol. The van der Waals surface area contributed by atoms with Crippen molar-refractivity contribution in [2.75, 3.05) is 11.9 Å². The van der Waals surface area contributed by atoms with E-state index in [2.05, 4.69) is 40.2 Å². The van der Waals surface area contributed by atoms with Crippen LogP contribution in [0.2, 0.25) is 0 Å². The highest BCUT2D eigenvalue weighted by Gasteiger charge is 2.08. The third-order valence-corrected chi connectivity index (χ3v) is 3.63. The van der Waals surface area contributed by atoms with Gasteiger partial charge in [-0.3, -0.25) is 4.79 Å². The molecule has 0 radical (unpaired) electrons. The molecule has 0 fully saturated rings. The normalized spacial score (nSPS) is 10.8. The van der Waals surface area contributed by atoms with Crippen LogP contribution in [0, 0.1) is 5.92 Å². The molecule has 0 aliphatic rings. The zero-order chi connectivity index (χ0) is 16.7. The Hall–Kier alpha value is -1.82. The Morgan fingerprint density at radius 1 is 1.39 bits per heavy atom. The molecule has 2 aromatic rings. The van der Waals surface area contributed by atoms with Crippen LogP contribution in [0.3, 0.4) is 0 Å². The zero-order valence-electron chi connectivity index (χ0n) is 13.5. The number of carbonyl (C=O) groups is 1. The summed E-state index contributed by atoms with van der Waals surface area (Å²) < 4.78 is 8.42. The van der Waals surface area contributed by atoms with Gasteiger partial charge in [0, 0.05) is 23.5 Å². The van der Waals surface area contributed by atoms with Crippen molar-refractivity contribution in [3.05, 3.63) is 41.0 Å². The first-order chi connectivity index (χ1) is 11.0. The number of aromatic nitrogens is 2. The lowest BCUT2D eigenvalue weighted by Gasteiger charge is -2.11.